The fraction of sp³-hybridized carbons (Fsp3) is 0.333. The van der Waals surface area contributed by atoms with Gasteiger partial charge in [-0.2, -0.15) is 0 Å². The number of H-pyrrole nitrogens is 1. The Hall–Kier alpha value is -1.28. The van der Waals surface area contributed by atoms with Crippen molar-refractivity contribution in [2.45, 2.75) is 12.8 Å². The molecule has 2 N–H and O–H groups in total. The van der Waals surface area contributed by atoms with Crippen LogP contribution in [0.2, 0.25) is 0 Å². The molecule has 1 aromatic carbocycles. The standard InChI is InChI=1S/C8H7N.C4H9N/c1-2-4-8-7(3-1)5-6-9-8;1-2-4-5-3-1/h1-6,9H;5H,1-4H2. The first-order valence-electron chi connectivity index (χ1n) is 5.20. The van der Waals surface area contributed by atoms with Crippen LogP contribution in [0.5, 0.6) is 0 Å². The van der Waals surface area contributed by atoms with Crippen molar-refractivity contribution >= 4 is 10.9 Å². The molecule has 74 valence electrons. The van der Waals surface area contributed by atoms with Gasteiger partial charge in [-0.05, 0) is 43.5 Å². The predicted octanol–water partition coefficient (Wildman–Crippen LogP) is 2.54. The minimum absolute atomic E-state index is 1.21. The number of hydrogen-bond donors (Lipinski definition) is 2. The molecule has 0 unspecified atom stereocenters. The summed E-state index contributed by atoms with van der Waals surface area (Å²) in [5.41, 5.74) is 1.21. The highest BCUT2D eigenvalue weighted by atomic mass is 14.9. The van der Waals surface area contributed by atoms with E-state index in [1.165, 1.54) is 36.8 Å². The molecule has 14 heavy (non-hydrogen) atoms. The molecule has 2 aromatic rings. The Morgan fingerprint density at radius 3 is 2.36 bits per heavy atom. The average Bonchev–Trinajstić information content (AvgIpc) is 2.92. The molecule has 1 fully saturated rings. The first-order chi connectivity index (χ1) is 6.97. The van der Waals surface area contributed by atoms with Crippen LogP contribution in [0.15, 0.2) is 36.5 Å². The molecule has 2 nitrogen and oxygen atoms in total. The first kappa shape index (κ1) is 9.28. The molecule has 1 aliphatic rings. The van der Waals surface area contributed by atoms with E-state index < -0.39 is 0 Å². The van der Waals surface area contributed by atoms with Crippen LogP contribution in [-0.2, 0) is 0 Å². The average molecular weight is 188 g/mol. The second-order valence-corrected chi connectivity index (χ2v) is 3.52. The van der Waals surface area contributed by atoms with Gasteiger partial charge in [-0.1, -0.05) is 18.2 Å². The van der Waals surface area contributed by atoms with Crippen LogP contribution in [0, 0.1) is 0 Å². The summed E-state index contributed by atoms with van der Waals surface area (Å²) >= 11 is 0. The van der Waals surface area contributed by atoms with Gasteiger partial charge in [0.25, 0.3) is 0 Å². The maximum atomic E-state index is 3.22. The smallest absolute Gasteiger partial charge is 0.0453 e. The molecule has 0 saturated carbocycles. The van der Waals surface area contributed by atoms with Crippen molar-refractivity contribution in [3.05, 3.63) is 36.5 Å². The van der Waals surface area contributed by atoms with Gasteiger partial charge in [0.2, 0.25) is 0 Å². The zero-order chi connectivity index (χ0) is 9.64. The van der Waals surface area contributed by atoms with E-state index in [-0.39, 0.29) is 0 Å². The molecule has 0 radical (unpaired) electrons. The Balaban J connectivity index is 0.000000128. The molecule has 0 atom stereocenters. The summed E-state index contributed by atoms with van der Waals surface area (Å²) in [6.45, 7) is 2.50. The number of benzene rings is 1. The lowest BCUT2D eigenvalue weighted by atomic mass is 10.3. The summed E-state index contributed by atoms with van der Waals surface area (Å²) in [6.07, 6.45) is 4.73. The third-order valence-corrected chi connectivity index (χ3v) is 2.42. The number of rotatable bonds is 0. The molecule has 1 aliphatic heterocycles. The highest BCUT2D eigenvalue weighted by Crippen LogP contribution is 2.09. The van der Waals surface area contributed by atoms with Gasteiger partial charge in [-0.3, -0.25) is 0 Å². The number of para-hydroxylation sites is 1. The Morgan fingerprint density at radius 2 is 1.71 bits per heavy atom. The summed E-state index contributed by atoms with van der Waals surface area (Å²) in [4.78, 5) is 3.12. The summed E-state index contributed by atoms with van der Waals surface area (Å²) in [6, 6.07) is 10.3. The van der Waals surface area contributed by atoms with Gasteiger partial charge in [-0.25, -0.2) is 0 Å². The largest absolute Gasteiger partial charge is 0.361 e. The van der Waals surface area contributed by atoms with Gasteiger partial charge in [0.1, 0.15) is 0 Å². The Labute approximate surface area is 84.3 Å². The number of nitrogens with one attached hydrogen (secondary N) is 2. The second-order valence-electron chi connectivity index (χ2n) is 3.52. The first-order valence-corrected chi connectivity index (χ1v) is 5.20. The van der Waals surface area contributed by atoms with Gasteiger partial charge in [-0.15, -0.1) is 0 Å². The maximum Gasteiger partial charge on any atom is 0.0453 e. The summed E-state index contributed by atoms with van der Waals surface area (Å²) < 4.78 is 0. The highest BCUT2D eigenvalue weighted by molar-refractivity contribution is 5.78. The summed E-state index contributed by atoms with van der Waals surface area (Å²) in [7, 11) is 0. The quantitative estimate of drug-likeness (QED) is 0.653. The zero-order valence-electron chi connectivity index (χ0n) is 8.29. The maximum absolute atomic E-state index is 3.22. The van der Waals surface area contributed by atoms with Gasteiger partial charge < -0.3 is 10.3 Å². The summed E-state index contributed by atoms with van der Waals surface area (Å²) in [5, 5.41) is 4.50. The molecule has 1 saturated heterocycles. The number of fused-ring (bicyclic) bond motifs is 1. The Kier molecular flexibility index (Phi) is 3.19. The zero-order valence-corrected chi connectivity index (χ0v) is 8.29. The molecule has 0 bridgehead atoms. The van der Waals surface area contributed by atoms with Gasteiger partial charge in [0.05, 0.1) is 0 Å². The van der Waals surface area contributed by atoms with E-state index in [1.807, 2.05) is 18.3 Å². The van der Waals surface area contributed by atoms with Gasteiger partial charge >= 0.3 is 0 Å². The second kappa shape index (κ2) is 4.82. The molecular formula is C12H16N2. The van der Waals surface area contributed by atoms with E-state index in [1.54, 1.807) is 0 Å². The van der Waals surface area contributed by atoms with E-state index in [4.69, 9.17) is 0 Å². The SMILES string of the molecule is C1CCNC1.c1ccc2[nH]ccc2c1. The lowest BCUT2D eigenvalue weighted by molar-refractivity contribution is 0.857. The van der Waals surface area contributed by atoms with Crippen molar-refractivity contribution in [2.75, 3.05) is 13.1 Å². The van der Waals surface area contributed by atoms with E-state index in [2.05, 4.69) is 28.5 Å². The third-order valence-electron chi connectivity index (χ3n) is 2.42. The van der Waals surface area contributed by atoms with Crippen LogP contribution in [0.3, 0.4) is 0 Å². The molecule has 2 heteroatoms. The van der Waals surface area contributed by atoms with Crippen molar-refractivity contribution in [1.82, 2.24) is 10.3 Å². The van der Waals surface area contributed by atoms with Crippen LogP contribution in [-0.4, -0.2) is 18.1 Å². The number of aromatic amines is 1. The van der Waals surface area contributed by atoms with Gasteiger partial charge in [0, 0.05) is 11.7 Å². The van der Waals surface area contributed by atoms with E-state index in [0.717, 1.165) is 0 Å². The molecule has 3 rings (SSSR count). The van der Waals surface area contributed by atoms with E-state index in [9.17, 15) is 0 Å². The van der Waals surface area contributed by atoms with Crippen molar-refractivity contribution in [3.63, 3.8) is 0 Å². The normalized spacial score (nSPS) is 15.1. The minimum Gasteiger partial charge on any atom is -0.361 e. The van der Waals surface area contributed by atoms with Crippen LogP contribution >= 0.6 is 0 Å². The topological polar surface area (TPSA) is 27.8 Å². The molecule has 0 amide bonds. The molecule has 0 aliphatic carbocycles. The third kappa shape index (κ3) is 2.36. The van der Waals surface area contributed by atoms with Crippen molar-refractivity contribution in [2.24, 2.45) is 0 Å². The van der Waals surface area contributed by atoms with E-state index >= 15 is 0 Å². The van der Waals surface area contributed by atoms with Crippen molar-refractivity contribution in [1.29, 1.82) is 0 Å². The summed E-state index contributed by atoms with van der Waals surface area (Å²) in [5.74, 6) is 0. The number of hydrogen-bond acceptors (Lipinski definition) is 1. The fourth-order valence-corrected chi connectivity index (χ4v) is 1.62. The lowest BCUT2D eigenvalue weighted by Crippen LogP contribution is -2.03. The predicted molar refractivity (Wildman–Crippen MR) is 60.4 cm³/mol. The molecule has 1 aromatic heterocycles. The minimum atomic E-state index is 1.21. The fourth-order valence-electron chi connectivity index (χ4n) is 1.62. The number of aromatic nitrogens is 1. The van der Waals surface area contributed by atoms with E-state index in [0.29, 0.717) is 0 Å². The Morgan fingerprint density at radius 1 is 0.929 bits per heavy atom. The van der Waals surface area contributed by atoms with Crippen LogP contribution in [0.25, 0.3) is 10.9 Å². The monoisotopic (exact) mass is 188 g/mol. The molecule has 0 spiro atoms. The lowest BCUT2D eigenvalue weighted by Gasteiger charge is -1.83. The van der Waals surface area contributed by atoms with Gasteiger partial charge in [0.15, 0.2) is 0 Å². The molecule has 2 heterocycles. The van der Waals surface area contributed by atoms with Crippen molar-refractivity contribution in [3.8, 4) is 0 Å². The van der Waals surface area contributed by atoms with Crippen LogP contribution in [0.1, 0.15) is 12.8 Å². The van der Waals surface area contributed by atoms with Crippen LogP contribution in [0.4, 0.5) is 0 Å². The highest BCUT2D eigenvalue weighted by Gasteiger charge is 1.93. The van der Waals surface area contributed by atoms with Crippen molar-refractivity contribution < 1.29 is 0 Å². The van der Waals surface area contributed by atoms with Crippen LogP contribution < -0.4 is 5.32 Å². The molecular weight excluding hydrogens is 172 g/mol. The Bertz CT molecular complexity index is 337.